The van der Waals surface area contributed by atoms with E-state index < -0.39 is 15.9 Å². The number of rotatable bonds is 6. The first kappa shape index (κ1) is 18.8. The van der Waals surface area contributed by atoms with Crippen LogP contribution in [-0.4, -0.2) is 48.7 Å². The highest BCUT2D eigenvalue weighted by molar-refractivity contribution is 8.01. The third-order valence-corrected chi connectivity index (χ3v) is 6.79. The molecule has 0 bridgehead atoms. The zero-order valence-corrected chi connectivity index (χ0v) is 16.2. The molecule has 0 spiro atoms. The van der Waals surface area contributed by atoms with Gasteiger partial charge in [0.2, 0.25) is 15.2 Å². The molecule has 0 saturated heterocycles. The van der Waals surface area contributed by atoms with Crippen molar-refractivity contribution in [3.05, 3.63) is 29.3 Å². The highest BCUT2D eigenvalue weighted by atomic mass is 32.2. The van der Waals surface area contributed by atoms with E-state index in [0.29, 0.717) is 10.7 Å². The first-order valence-corrected chi connectivity index (χ1v) is 10.3. The van der Waals surface area contributed by atoms with Crippen molar-refractivity contribution in [1.82, 2.24) is 14.5 Å². The second-order valence-electron chi connectivity index (χ2n) is 5.02. The Labute approximate surface area is 149 Å². The average molecular weight is 387 g/mol. The Balaban J connectivity index is 2.28. The first-order valence-electron chi connectivity index (χ1n) is 7.06. The molecule has 1 aromatic heterocycles. The van der Waals surface area contributed by atoms with Gasteiger partial charge in [-0.15, -0.1) is 10.2 Å². The second kappa shape index (κ2) is 7.60. The number of sulfonamides is 1. The fourth-order valence-electron chi connectivity index (χ4n) is 1.82. The topological polar surface area (TPSA) is 92.3 Å². The number of hydrogen-bond acceptors (Lipinski definition) is 7. The lowest BCUT2D eigenvalue weighted by molar-refractivity contribution is 0.102. The third-order valence-electron chi connectivity index (χ3n) is 3.13. The average Bonchev–Trinajstić information content (AvgIpc) is 2.94. The smallest absolute Gasteiger partial charge is 0.257 e. The number of carbonyl (C=O) groups excluding carboxylic acids is 1. The summed E-state index contributed by atoms with van der Waals surface area (Å²) in [5.74, 6) is 0.457. The zero-order valence-electron chi connectivity index (χ0n) is 13.7. The molecule has 7 nitrogen and oxygen atoms in total. The van der Waals surface area contributed by atoms with Gasteiger partial charge >= 0.3 is 0 Å². The number of carbonyl (C=O) groups is 1. The molecule has 24 heavy (non-hydrogen) atoms. The summed E-state index contributed by atoms with van der Waals surface area (Å²) in [5, 5.41) is 10.9. The largest absolute Gasteiger partial charge is 0.296 e. The monoisotopic (exact) mass is 386 g/mol. The molecule has 1 heterocycles. The van der Waals surface area contributed by atoms with Gasteiger partial charge in [-0.2, -0.15) is 0 Å². The van der Waals surface area contributed by atoms with Crippen LogP contribution in [-0.2, 0) is 10.0 Å². The van der Waals surface area contributed by atoms with Crippen molar-refractivity contribution >= 4 is 44.2 Å². The Hall–Kier alpha value is -1.49. The van der Waals surface area contributed by atoms with Crippen molar-refractivity contribution in [3.8, 4) is 0 Å². The minimum Gasteiger partial charge on any atom is -0.296 e. The van der Waals surface area contributed by atoms with Gasteiger partial charge in [0.25, 0.3) is 5.91 Å². The molecule has 0 unspecified atom stereocenters. The summed E-state index contributed by atoms with van der Waals surface area (Å²) >= 11 is 2.82. The normalized spacial score (nSPS) is 11.7. The number of amides is 1. The molecule has 2 rings (SSSR count). The van der Waals surface area contributed by atoms with Crippen molar-refractivity contribution in [3.63, 3.8) is 0 Å². The summed E-state index contributed by atoms with van der Waals surface area (Å²) in [6.45, 7) is 3.75. The van der Waals surface area contributed by atoms with E-state index in [2.05, 4.69) is 15.5 Å². The number of benzene rings is 1. The number of anilines is 1. The van der Waals surface area contributed by atoms with Crippen molar-refractivity contribution in [2.45, 2.75) is 23.1 Å². The highest BCUT2D eigenvalue weighted by Crippen LogP contribution is 2.26. The van der Waals surface area contributed by atoms with E-state index in [0.717, 1.165) is 14.4 Å². The van der Waals surface area contributed by atoms with Gasteiger partial charge < -0.3 is 0 Å². The molecule has 1 amide bonds. The predicted molar refractivity (Wildman–Crippen MR) is 96.3 cm³/mol. The van der Waals surface area contributed by atoms with E-state index in [4.69, 9.17) is 0 Å². The molecule has 10 heteroatoms. The lowest BCUT2D eigenvalue weighted by Crippen LogP contribution is -2.23. The highest BCUT2D eigenvalue weighted by Gasteiger charge is 2.20. The van der Waals surface area contributed by atoms with Crippen molar-refractivity contribution in [2.24, 2.45) is 0 Å². The summed E-state index contributed by atoms with van der Waals surface area (Å²) < 4.78 is 26.3. The van der Waals surface area contributed by atoms with Crippen molar-refractivity contribution in [2.75, 3.05) is 25.2 Å². The quantitative estimate of drug-likeness (QED) is 0.606. The van der Waals surface area contributed by atoms with Gasteiger partial charge in [-0.25, -0.2) is 12.7 Å². The number of aromatic nitrogens is 2. The molecule has 0 aliphatic rings. The summed E-state index contributed by atoms with van der Waals surface area (Å²) in [6.07, 6.45) is 0. The molecule has 0 atom stereocenters. The van der Waals surface area contributed by atoms with Crippen LogP contribution in [0.25, 0.3) is 0 Å². The molecule has 0 aliphatic carbocycles. The molecule has 0 fully saturated rings. The fraction of sp³-hybridized carbons (Fsp3) is 0.357. The number of nitrogens with zero attached hydrogens (tertiary/aromatic N) is 3. The van der Waals surface area contributed by atoms with Crippen molar-refractivity contribution in [1.29, 1.82) is 0 Å². The molecule has 0 radical (unpaired) electrons. The Morgan fingerprint density at radius 3 is 2.67 bits per heavy atom. The standard InChI is InChI=1S/C14H18N4O3S3/c1-5-22-14-17-16-13(23-14)15-12(19)11-8-10(7-6-9(11)2)24(20,21)18(3)4/h6-8H,5H2,1-4H3,(H,15,16,19). The van der Waals surface area contributed by atoms with Gasteiger partial charge in [0.1, 0.15) is 0 Å². The number of nitrogens with one attached hydrogen (secondary N) is 1. The van der Waals surface area contributed by atoms with E-state index in [-0.39, 0.29) is 10.5 Å². The van der Waals surface area contributed by atoms with Crippen LogP contribution < -0.4 is 5.32 Å². The predicted octanol–water partition coefficient (Wildman–Crippen LogP) is 2.46. The van der Waals surface area contributed by atoms with Gasteiger partial charge in [-0.05, 0) is 30.4 Å². The molecular formula is C14H18N4O3S3. The molecule has 1 aromatic carbocycles. The van der Waals surface area contributed by atoms with Crippen LogP contribution in [0.4, 0.5) is 5.13 Å². The van der Waals surface area contributed by atoms with Gasteiger partial charge in [-0.3, -0.25) is 10.1 Å². The van der Waals surface area contributed by atoms with Gasteiger partial charge in [0.15, 0.2) is 4.34 Å². The van der Waals surface area contributed by atoms with E-state index in [9.17, 15) is 13.2 Å². The zero-order chi connectivity index (χ0) is 17.9. The molecular weight excluding hydrogens is 368 g/mol. The first-order chi connectivity index (χ1) is 11.3. The Morgan fingerprint density at radius 1 is 1.33 bits per heavy atom. The van der Waals surface area contributed by atoms with E-state index in [1.54, 1.807) is 13.0 Å². The Morgan fingerprint density at radius 2 is 2.04 bits per heavy atom. The summed E-state index contributed by atoms with van der Waals surface area (Å²) in [7, 11) is -0.706. The summed E-state index contributed by atoms with van der Waals surface area (Å²) in [5.41, 5.74) is 0.968. The number of aryl methyl sites for hydroxylation is 1. The molecule has 0 saturated carbocycles. The fourth-order valence-corrected chi connectivity index (χ4v) is 4.40. The van der Waals surface area contributed by atoms with Gasteiger partial charge in [0.05, 0.1) is 4.90 Å². The Bertz CT molecular complexity index is 847. The van der Waals surface area contributed by atoms with Gasteiger partial charge in [0, 0.05) is 19.7 Å². The summed E-state index contributed by atoms with van der Waals surface area (Å²) in [6, 6.07) is 4.48. The van der Waals surface area contributed by atoms with Crippen LogP contribution in [0.1, 0.15) is 22.8 Å². The SMILES string of the molecule is CCSc1nnc(NC(=O)c2cc(S(=O)(=O)N(C)C)ccc2C)s1. The van der Waals surface area contributed by atoms with Crippen LogP contribution >= 0.6 is 23.1 Å². The molecule has 0 aliphatic heterocycles. The van der Waals surface area contributed by atoms with Crippen LogP contribution in [0.15, 0.2) is 27.4 Å². The molecule has 2 aromatic rings. The number of hydrogen-bond donors (Lipinski definition) is 1. The van der Waals surface area contributed by atoms with Crippen LogP contribution in [0, 0.1) is 6.92 Å². The maximum Gasteiger partial charge on any atom is 0.257 e. The van der Waals surface area contributed by atoms with E-state index >= 15 is 0 Å². The van der Waals surface area contributed by atoms with E-state index in [1.807, 2.05) is 6.92 Å². The minimum absolute atomic E-state index is 0.0720. The Kier molecular flexibility index (Phi) is 5.97. The third kappa shape index (κ3) is 4.12. The van der Waals surface area contributed by atoms with Crippen molar-refractivity contribution < 1.29 is 13.2 Å². The minimum atomic E-state index is -3.60. The van der Waals surface area contributed by atoms with E-state index in [1.165, 1.54) is 49.3 Å². The number of thioether (sulfide) groups is 1. The van der Waals surface area contributed by atoms with Crippen LogP contribution in [0.2, 0.25) is 0 Å². The molecule has 1 N–H and O–H groups in total. The summed E-state index contributed by atoms with van der Waals surface area (Å²) in [4.78, 5) is 12.5. The van der Waals surface area contributed by atoms with Crippen LogP contribution in [0.3, 0.4) is 0 Å². The van der Waals surface area contributed by atoms with Gasteiger partial charge in [-0.1, -0.05) is 36.1 Å². The molecule has 130 valence electrons. The maximum absolute atomic E-state index is 12.5. The lowest BCUT2D eigenvalue weighted by atomic mass is 10.1. The lowest BCUT2D eigenvalue weighted by Gasteiger charge is -2.13. The van der Waals surface area contributed by atoms with Crippen LogP contribution in [0.5, 0.6) is 0 Å². The second-order valence-corrected chi connectivity index (χ2v) is 9.66. The maximum atomic E-state index is 12.5.